The molecule has 3 rings (SSSR count). The molecule has 0 aliphatic heterocycles. The molecule has 0 unspecified atom stereocenters. The highest BCUT2D eigenvalue weighted by Crippen LogP contribution is 2.34. The Hall–Kier alpha value is -2.09. The van der Waals surface area contributed by atoms with Gasteiger partial charge in [-0.2, -0.15) is 0 Å². The first-order valence-electron chi connectivity index (χ1n) is 12.0. The molecule has 0 aromatic heterocycles. The van der Waals surface area contributed by atoms with Crippen molar-refractivity contribution < 1.29 is 9.90 Å². The zero-order chi connectivity index (χ0) is 21.3. The Labute approximate surface area is 182 Å². The first-order chi connectivity index (χ1) is 14.6. The SMILES string of the molecule is CCCc1ccc(CC[C@H]2CC[C@H](CCc3cccc(C(=O)O)c3CC)CC2)cc1. The van der Waals surface area contributed by atoms with Crippen molar-refractivity contribution in [3.63, 3.8) is 0 Å². The molecule has 0 spiro atoms. The van der Waals surface area contributed by atoms with Crippen LogP contribution in [-0.2, 0) is 25.7 Å². The Morgan fingerprint density at radius 2 is 1.40 bits per heavy atom. The maximum atomic E-state index is 11.5. The summed E-state index contributed by atoms with van der Waals surface area (Å²) in [7, 11) is 0. The Morgan fingerprint density at radius 1 is 0.833 bits per heavy atom. The Morgan fingerprint density at radius 3 is 1.93 bits per heavy atom. The summed E-state index contributed by atoms with van der Waals surface area (Å²) in [4.78, 5) is 11.5. The van der Waals surface area contributed by atoms with Crippen LogP contribution in [-0.4, -0.2) is 11.1 Å². The molecule has 2 nitrogen and oxygen atoms in total. The number of carbonyl (C=O) groups is 1. The van der Waals surface area contributed by atoms with Crippen LogP contribution in [0.4, 0.5) is 0 Å². The van der Waals surface area contributed by atoms with Crippen molar-refractivity contribution >= 4 is 5.97 Å². The summed E-state index contributed by atoms with van der Waals surface area (Å²) in [6.07, 6.45) is 13.3. The van der Waals surface area contributed by atoms with Crippen molar-refractivity contribution in [1.29, 1.82) is 0 Å². The molecule has 1 saturated carbocycles. The van der Waals surface area contributed by atoms with Gasteiger partial charge in [-0.15, -0.1) is 0 Å². The van der Waals surface area contributed by atoms with E-state index < -0.39 is 5.97 Å². The lowest BCUT2D eigenvalue weighted by molar-refractivity contribution is 0.0695. The maximum absolute atomic E-state index is 11.5. The summed E-state index contributed by atoms with van der Waals surface area (Å²) in [5.41, 5.74) is 5.71. The minimum atomic E-state index is -0.797. The molecule has 1 aliphatic carbocycles. The number of hydrogen-bond acceptors (Lipinski definition) is 1. The fourth-order valence-electron chi connectivity index (χ4n) is 5.19. The van der Waals surface area contributed by atoms with Crippen molar-refractivity contribution in [3.05, 3.63) is 70.3 Å². The summed E-state index contributed by atoms with van der Waals surface area (Å²) in [5, 5.41) is 9.44. The average molecular weight is 407 g/mol. The molecule has 2 aromatic carbocycles. The molecule has 1 fully saturated rings. The zero-order valence-electron chi connectivity index (χ0n) is 18.8. The van der Waals surface area contributed by atoms with E-state index in [1.54, 1.807) is 6.07 Å². The summed E-state index contributed by atoms with van der Waals surface area (Å²) in [6, 6.07) is 15.0. The maximum Gasteiger partial charge on any atom is 0.335 e. The number of aryl methyl sites for hydroxylation is 3. The van der Waals surface area contributed by atoms with Gasteiger partial charge in [-0.05, 0) is 78.7 Å². The number of aromatic carboxylic acids is 1. The van der Waals surface area contributed by atoms with Gasteiger partial charge in [-0.25, -0.2) is 4.79 Å². The highest BCUT2D eigenvalue weighted by atomic mass is 16.4. The Balaban J connectivity index is 1.43. The van der Waals surface area contributed by atoms with E-state index in [-0.39, 0.29) is 0 Å². The smallest absolute Gasteiger partial charge is 0.335 e. The van der Waals surface area contributed by atoms with Crippen molar-refractivity contribution in [1.82, 2.24) is 0 Å². The predicted molar refractivity (Wildman–Crippen MR) is 125 cm³/mol. The van der Waals surface area contributed by atoms with E-state index in [0.717, 1.165) is 30.2 Å². The monoisotopic (exact) mass is 406 g/mol. The molecule has 0 radical (unpaired) electrons. The molecular weight excluding hydrogens is 368 g/mol. The largest absolute Gasteiger partial charge is 0.478 e. The van der Waals surface area contributed by atoms with E-state index in [0.29, 0.717) is 5.56 Å². The standard InChI is InChI=1S/C28H38O2/c1-3-6-21-9-11-22(12-10-21)13-14-23-15-17-24(18-16-23)19-20-25-7-5-8-27(28(29)30)26(25)4-2/h5,7-12,23-24H,3-4,6,13-20H2,1-2H3,(H,29,30)/t23-,24-. The van der Waals surface area contributed by atoms with Crippen LogP contribution in [0.1, 0.15) is 91.4 Å². The third-order valence-corrected chi connectivity index (χ3v) is 7.05. The number of carboxylic acid groups (broad SMARTS) is 1. The van der Waals surface area contributed by atoms with Crippen LogP contribution in [0.25, 0.3) is 0 Å². The van der Waals surface area contributed by atoms with Crippen LogP contribution in [0.15, 0.2) is 42.5 Å². The molecular formula is C28H38O2. The molecule has 0 bridgehead atoms. The topological polar surface area (TPSA) is 37.3 Å². The second-order valence-electron chi connectivity index (χ2n) is 9.13. The van der Waals surface area contributed by atoms with Gasteiger partial charge in [0.25, 0.3) is 0 Å². The molecule has 2 heteroatoms. The third kappa shape index (κ3) is 6.20. The van der Waals surface area contributed by atoms with Gasteiger partial charge in [0.2, 0.25) is 0 Å². The minimum Gasteiger partial charge on any atom is -0.478 e. The normalized spacial score (nSPS) is 19.0. The lowest BCUT2D eigenvalue weighted by Gasteiger charge is -2.29. The van der Waals surface area contributed by atoms with E-state index in [1.165, 1.54) is 74.5 Å². The zero-order valence-corrected chi connectivity index (χ0v) is 18.8. The molecule has 0 heterocycles. The third-order valence-electron chi connectivity index (χ3n) is 7.05. The second kappa shape index (κ2) is 11.3. The van der Waals surface area contributed by atoms with E-state index in [2.05, 4.69) is 44.2 Å². The van der Waals surface area contributed by atoms with Crippen molar-refractivity contribution in [2.24, 2.45) is 11.8 Å². The van der Waals surface area contributed by atoms with E-state index in [9.17, 15) is 9.90 Å². The molecule has 0 atom stereocenters. The number of rotatable bonds is 10. The summed E-state index contributed by atoms with van der Waals surface area (Å²) >= 11 is 0. The molecule has 0 saturated heterocycles. The Bertz CT molecular complexity index is 798. The van der Waals surface area contributed by atoms with E-state index in [1.807, 2.05) is 6.07 Å². The van der Waals surface area contributed by atoms with E-state index >= 15 is 0 Å². The lowest BCUT2D eigenvalue weighted by Crippen LogP contribution is -2.16. The van der Waals surface area contributed by atoms with Crippen molar-refractivity contribution in [2.75, 3.05) is 0 Å². The first-order valence-corrected chi connectivity index (χ1v) is 12.0. The van der Waals surface area contributed by atoms with E-state index in [4.69, 9.17) is 0 Å². The number of benzene rings is 2. The van der Waals surface area contributed by atoms with Gasteiger partial charge in [0.15, 0.2) is 0 Å². The van der Waals surface area contributed by atoms with Gasteiger partial charge < -0.3 is 5.11 Å². The van der Waals surface area contributed by atoms with Gasteiger partial charge in [0.05, 0.1) is 5.56 Å². The molecule has 30 heavy (non-hydrogen) atoms. The number of hydrogen-bond donors (Lipinski definition) is 1. The fourth-order valence-corrected chi connectivity index (χ4v) is 5.19. The summed E-state index contributed by atoms with van der Waals surface area (Å²) < 4.78 is 0. The first kappa shape index (κ1) is 22.6. The molecule has 1 aliphatic rings. The quantitative estimate of drug-likeness (QED) is 0.450. The van der Waals surface area contributed by atoms with Crippen LogP contribution in [0.2, 0.25) is 0 Å². The summed E-state index contributed by atoms with van der Waals surface area (Å²) in [6.45, 7) is 4.30. The van der Waals surface area contributed by atoms with Crippen LogP contribution >= 0.6 is 0 Å². The summed E-state index contributed by atoms with van der Waals surface area (Å²) in [5.74, 6) is 0.875. The minimum absolute atomic E-state index is 0.487. The van der Waals surface area contributed by atoms with Gasteiger partial charge in [-0.1, -0.05) is 82.3 Å². The van der Waals surface area contributed by atoms with Crippen LogP contribution in [0.5, 0.6) is 0 Å². The van der Waals surface area contributed by atoms with Gasteiger partial charge in [-0.3, -0.25) is 0 Å². The van der Waals surface area contributed by atoms with Crippen LogP contribution < -0.4 is 0 Å². The highest BCUT2D eigenvalue weighted by Gasteiger charge is 2.21. The second-order valence-corrected chi connectivity index (χ2v) is 9.13. The molecule has 1 N–H and O–H groups in total. The van der Waals surface area contributed by atoms with Crippen molar-refractivity contribution in [3.8, 4) is 0 Å². The van der Waals surface area contributed by atoms with Crippen LogP contribution in [0.3, 0.4) is 0 Å². The van der Waals surface area contributed by atoms with Crippen LogP contribution in [0, 0.1) is 11.8 Å². The molecule has 0 amide bonds. The fraction of sp³-hybridized carbons (Fsp3) is 0.536. The van der Waals surface area contributed by atoms with Gasteiger partial charge in [0.1, 0.15) is 0 Å². The van der Waals surface area contributed by atoms with Gasteiger partial charge >= 0.3 is 5.97 Å². The van der Waals surface area contributed by atoms with Crippen molar-refractivity contribution in [2.45, 2.75) is 84.5 Å². The predicted octanol–water partition coefficient (Wildman–Crippen LogP) is 7.27. The number of carboxylic acids is 1. The molecule has 162 valence electrons. The molecule has 2 aromatic rings. The average Bonchev–Trinajstić information content (AvgIpc) is 2.77. The Kier molecular flexibility index (Phi) is 8.54. The lowest BCUT2D eigenvalue weighted by atomic mass is 9.77. The van der Waals surface area contributed by atoms with Gasteiger partial charge in [0, 0.05) is 0 Å². The highest BCUT2D eigenvalue weighted by molar-refractivity contribution is 5.89.